The minimum absolute atomic E-state index is 0.188. The lowest BCUT2D eigenvalue weighted by Crippen LogP contribution is -2.11. The Morgan fingerprint density at radius 3 is 2.62 bits per heavy atom. The number of aromatic nitrogens is 4. The summed E-state index contributed by atoms with van der Waals surface area (Å²) in [6.45, 7) is 0. The van der Waals surface area contributed by atoms with Gasteiger partial charge in [-0.25, -0.2) is 24.1 Å². The van der Waals surface area contributed by atoms with Crippen molar-refractivity contribution in [3.05, 3.63) is 64.6 Å². The van der Waals surface area contributed by atoms with Gasteiger partial charge in [-0.1, -0.05) is 12.1 Å². The first kappa shape index (κ1) is 13.9. The Balaban J connectivity index is 1.86. The first-order chi connectivity index (χ1) is 11.6. The Morgan fingerprint density at radius 2 is 1.88 bits per heavy atom. The van der Waals surface area contributed by atoms with Crippen LogP contribution in [0.3, 0.4) is 0 Å². The predicted molar refractivity (Wildman–Crippen MR) is 87.8 cm³/mol. The van der Waals surface area contributed by atoms with Crippen LogP contribution in [0.15, 0.2) is 53.3 Å². The van der Waals surface area contributed by atoms with Crippen LogP contribution < -0.4 is 11.0 Å². The molecule has 0 unspecified atom stereocenters. The van der Waals surface area contributed by atoms with E-state index < -0.39 is 5.97 Å². The van der Waals surface area contributed by atoms with Gasteiger partial charge in [0.25, 0.3) is 0 Å². The van der Waals surface area contributed by atoms with E-state index in [-0.39, 0.29) is 11.3 Å². The fourth-order valence-corrected chi connectivity index (χ4v) is 2.51. The van der Waals surface area contributed by atoms with Gasteiger partial charge >= 0.3 is 11.7 Å². The van der Waals surface area contributed by atoms with Gasteiger partial charge in [0.15, 0.2) is 5.82 Å². The van der Waals surface area contributed by atoms with Gasteiger partial charge in [0, 0.05) is 5.69 Å². The van der Waals surface area contributed by atoms with Crippen molar-refractivity contribution in [2.75, 3.05) is 5.32 Å². The summed E-state index contributed by atoms with van der Waals surface area (Å²) in [6.07, 6.45) is 0. The molecule has 0 bridgehead atoms. The number of aromatic amines is 1. The first-order valence-corrected chi connectivity index (χ1v) is 7.10. The maximum Gasteiger partial charge on any atom is 0.348 e. The van der Waals surface area contributed by atoms with E-state index in [9.17, 15) is 9.59 Å². The minimum atomic E-state index is -0.994. The number of aromatic carboxylic acids is 1. The lowest BCUT2D eigenvalue weighted by Gasteiger charge is -2.09. The molecule has 0 aliphatic rings. The van der Waals surface area contributed by atoms with Crippen LogP contribution >= 0.6 is 0 Å². The molecule has 0 saturated carbocycles. The molecule has 0 aliphatic heterocycles. The standard InChI is InChI=1S/C16H11N5O3/c22-15(23)9-5-7-10(8-6-9)17-13-14-19-20-16(24)21(14)12-4-2-1-3-11(12)18-13/h1-8H,(H,17,18)(H,20,24)(H,22,23). The highest BCUT2D eigenvalue weighted by atomic mass is 16.4. The van der Waals surface area contributed by atoms with E-state index in [0.717, 1.165) is 0 Å². The second-order valence-corrected chi connectivity index (χ2v) is 5.14. The van der Waals surface area contributed by atoms with Gasteiger partial charge in [-0.15, -0.1) is 5.10 Å². The zero-order chi connectivity index (χ0) is 16.7. The number of carboxylic acids is 1. The molecule has 0 spiro atoms. The molecule has 4 aromatic rings. The van der Waals surface area contributed by atoms with Crippen molar-refractivity contribution in [2.24, 2.45) is 0 Å². The van der Waals surface area contributed by atoms with Gasteiger partial charge in [0.2, 0.25) is 5.65 Å². The molecule has 2 aromatic carbocycles. The van der Waals surface area contributed by atoms with Crippen molar-refractivity contribution in [1.29, 1.82) is 0 Å². The average molecular weight is 321 g/mol. The van der Waals surface area contributed by atoms with Crippen LogP contribution in [0, 0.1) is 0 Å². The number of fused-ring (bicyclic) bond motifs is 3. The number of nitrogens with zero attached hydrogens (tertiary/aromatic N) is 3. The summed E-state index contributed by atoms with van der Waals surface area (Å²) < 4.78 is 1.44. The van der Waals surface area contributed by atoms with E-state index in [1.54, 1.807) is 24.3 Å². The van der Waals surface area contributed by atoms with E-state index >= 15 is 0 Å². The lowest BCUT2D eigenvalue weighted by atomic mass is 10.2. The second-order valence-electron chi connectivity index (χ2n) is 5.14. The number of benzene rings is 2. The van der Waals surface area contributed by atoms with Gasteiger partial charge in [-0.3, -0.25) is 0 Å². The normalized spacial score (nSPS) is 11.0. The molecule has 8 heteroatoms. The van der Waals surface area contributed by atoms with Crippen molar-refractivity contribution in [2.45, 2.75) is 0 Å². The third kappa shape index (κ3) is 2.17. The number of carbonyl (C=O) groups is 1. The maximum atomic E-state index is 12.0. The summed E-state index contributed by atoms with van der Waals surface area (Å²) in [5, 5.41) is 18.5. The van der Waals surface area contributed by atoms with E-state index in [1.165, 1.54) is 16.5 Å². The van der Waals surface area contributed by atoms with E-state index in [4.69, 9.17) is 5.11 Å². The number of carboxylic acid groups (broad SMARTS) is 1. The number of H-pyrrole nitrogens is 1. The van der Waals surface area contributed by atoms with Crippen molar-refractivity contribution in [3.8, 4) is 0 Å². The highest BCUT2D eigenvalue weighted by molar-refractivity contribution is 5.88. The predicted octanol–water partition coefficient (Wildman–Crippen LogP) is 2.01. The number of para-hydroxylation sites is 2. The summed E-state index contributed by atoms with van der Waals surface area (Å²) in [7, 11) is 0. The summed E-state index contributed by atoms with van der Waals surface area (Å²) in [5.41, 5.74) is 2.12. The van der Waals surface area contributed by atoms with Crippen LogP contribution in [0.25, 0.3) is 16.7 Å². The summed E-state index contributed by atoms with van der Waals surface area (Å²) in [4.78, 5) is 27.5. The van der Waals surface area contributed by atoms with Crippen molar-refractivity contribution in [3.63, 3.8) is 0 Å². The molecule has 0 radical (unpaired) electrons. The minimum Gasteiger partial charge on any atom is -0.478 e. The highest BCUT2D eigenvalue weighted by Gasteiger charge is 2.12. The van der Waals surface area contributed by atoms with Crippen LogP contribution in [0.1, 0.15) is 10.4 Å². The fraction of sp³-hybridized carbons (Fsp3) is 0. The molecule has 118 valence electrons. The smallest absolute Gasteiger partial charge is 0.348 e. The zero-order valence-electron chi connectivity index (χ0n) is 12.2. The number of anilines is 2. The number of nitrogens with one attached hydrogen (secondary N) is 2. The molecule has 8 nitrogen and oxygen atoms in total. The molecular weight excluding hydrogens is 310 g/mol. The van der Waals surface area contributed by atoms with E-state index in [1.807, 2.05) is 12.1 Å². The molecule has 3 N–H and O–H groups in total. The lowest BCUT2D eigenvalue weighted by molar-refractivity contribution is 0.0697. The maximum absolute atomic E-state index is 12.0. The number of hydrogen-bond donors (Lipinski definition) is 3. The Kier molecular flexibility index (Phi) is 3.02. The second kappa shape index (κ2) is 5.20. The third-order valence-electron chi connectivity index (χ3n) is 3.63. The van der Waals surface area contributed by atoms with Crippen LogP contribution in [-0.4, -0.2) is 30.7 Å². The van der Waals surface area contributed by atoms with Crippen LogP contribution in [-0.2, 0) is 0 Å². The van der Waals surface area contributed by atoms with Gasteiger partial charge in [-0.05, 0) is 36.4 Å². The summed E-state index contributed by atoms with van der Waals surface area (Å²) >= 11 is 0. The molecule has 2 heterocycles. The number of rotatable bonds is 3. The molecule has 0 saturated heterocycles. The molecule has 0 atom stereocenters. The Bertz CT molecular complexity index is 1130. The monoisotopic (exact) mass is 321 g/mol. The molecule has 4 rings (SSSR count). The Labute approximate surface area is 134 Å². The largest absolute Gasteiger partial charge is 0.478 e. The quantitative estimate of drug-likeness (QED) is 0.532. The zero-order valence-corrected chi connectivity index (χ0v) is 12.2. The SMILES string of the molecule is O=C(O)c1ccc(Nc2nc3ccccc3n3c(=O)[nH]nc23)cc1. The fourth-order valence-electron chi connectivity index (χ4n) is 2.51. The first-order valence-electron chi connectivity index (χ1n) is 7.10. The van der Waals surface area contributed by atoms with Crippen molar-refractivity contribution in [1.82, 2.24) is 19.6 Å². The molecule has 0 fully saturated rings. The topological polar surface area (TPSA) is 112 Å². The van der Waals surface area contributed by atoms with Crippen molar-refractivity contribution < 1.29 is 9.90 Å². The molecule has 0 amide bonds. The third-order valence-corrected chi connectivity index (χ3v) is 3.63. The van der Waals surface area contributed by atoms with Gasteiger partial charge < -0.3 is 10.4 Å². The number of hydrogen-bond acceptors (Lipinski definition) is 5. The molecule has 24 heavy (non-hydrogen) atoms. The average Bonchev–Trinajstić information content (AvgIpc) is 2.98. The summed E-state index contributed by atoms with van der Waals surface area (Å²) in [6, 6.07) is 13.5. The van der Waals surface area contributed by atoms with Crippen LogP contribution in [0.2, 0.25) is 0 Å². The van der Waals surface area contributed by atoms with Gasteiger partial charge in [-0.2, -0.15) is 0 Å². The highest BCUT2D eigenvalue weighted by Crippen LogP contribution is 2.22. The molecular formula is C16H11N5O3. The van der Waals surface area contributed by atoms with Gasteiger partial charge in [0.1, 0.15) is 0 Å². The Morgan fingerprint density at radius 1 is 1.12 bits per heavy atom. The summed E-state index contributed by atoms with van der Waals surface area (Å²) in [5.74, 6) is -0.596. The van der Waals surface area contributed by atoms with Crippen LogP contribution in [0.5, 0.6) is 0 Å². The molecule has 0 aliphatic carbocycles. The van der Waals surface area contributed by atoms with E-state index in [0.29, 0.717) is 28.2 Å². The Hall–Kier alpha value is -3.68. The van der Waals surface area contributed by atoms with Gasteiger partial charge in [0.05, 0.1) is 16.6 Å². The van der Waals surface area contributed by atoms with E-state index in [2.05, 4.69) is 20.5 Å². The van der Waals surface area contributed by atoms with Crippen LogP contribution in [0.4, 0.5) is 11.5 Å². The molecule has 2 aromatic heterocycles. The van der Waals surface area contributed by atoms with Crippen molar-refractivity contribution >= 4 is 34.2 Å².